The fourth-order valence-electron chi connectivity index (χ4n) is 7.56. The number of aliphatic hydroxyl groups is 2. The zero-order valence-electron chi connectivity index (χ0n) is 35.1. The van der Waals surface area contributed by atoms with Crippen molar-refractivity contribution in [2.24, 2.45) is 23.7 Å². The molecule has 9 atom stereocenters. The van der Waals surface area contributed by atoms with E-state index in [1.165, 1.54) is 59.3 Å². The maximum Gasteiger partial charge on any atom is 0.312 e. The molecule has 0 saturated carbocycles. The Morgan fingerprint density at radius 3 is 2.21 bits per heavy atom. The summed E-state index contributed by atoms with van der Waals surface area (Å²) in [5.41, 5.74) is -0.00860. The first-order valence-corrected chi connectivity index (χ1v) is 19.5. The summed E-state index contributed by atoms with van der Waals surface area (Å²) >= 11 is 0. The number of phenolic OH excluding ortho intramolecular Hbond substituents is 2. The molecule has 15 nitrogen and oxygen atoms in total. The summed E-state index contributed by atoms with van der Waals surface area (Å²) in [4.78, 5) is 54.9. The molecular formula is C43H58N2O13. The minimum Gasteiger partial charge on any atom is -0.507 e. The lowest BCUT2D eigenvalue weighted by atomic mass is 9.78. The van der Waals surface area contributed by atoms with Crippen LogP contribution >= 0.6 is 0 Å². The molecule has 3 heterocycles. The monoisotopic (exact) mass is 810 g/mol. The van der Waals surface area contributed by atoms with E-state index in [0.717, 1.165) is 0 Å². The van der Waals surface area contributed by atoms with E-state index in [4.69, 9.17) is 23.7 Å². The number of allylic oxidation sites excluding steroid dienone is 2. The second-order valence-electron chi connectivity index (χ2n) is 15.3. The van der Waals surface area contributed by atoms with Crippen molar-refractivity contribution in [2.45, 2.75) is 99.4 Å². The molecule has 0 unspecified atom stereocenters. The van der Waals surface area contributed by atoms with Crippen LogP contribution in [0.15, 0.2) is 42.2 Å². The highest BCUT2D eigenvalue weighted by molar-refractivity contribution is 6.21. The molecule has 0 fully saturated rings. The molecule has 0 spiro atoms. The summed E-state index contributed by atoms with van der Waals surface area (Å²) < 4.78 is 29.7. The quantitative estimate of drug-likeness (QED) is 0.178. The summed E-state index contributed by atoms with van der Waals surface area (Å²) in [6.07, 6.45) is 3.60. The van der Waals surface area contributed by atoms with Crippen molar-refractivity contribution in [3.63, 3.8) is 0 Å². The van der Waals surface area contributed by atoms with Crippen molar-refractivity contribution in [3.8, 4) is 23.0 Å². The summed E-state index contributed by atoms with van der Waals surface area (Å²) in [5.74, 6) is -8.01. The van der Waals surface area contributed by atoms with E-state index in [9.17, 15) is 39.6 Å². The van der Waals surface area contributed by atoms with Gasteiger partial charge in [-0.05, 0) is 33.8 Å². The normalized spacial score (nSPS) is 28.1. The number of carbonyl (C=O) groups is 4. The van der Waals surface area contributed by atoms with Crippen LogP contribution in [0.25, 0.3) is 10.8 Å². The van der Waals surface area contributed by atoms with Gasteiger partial charge in [0.25, 0.3) is 17.6 Å². The molecule has 15 heteroatoms. The van der Waals surface area contributed by atoms with Crippen molar-refractivity contribution in [2.75, 3.05) is 32.1 Å². The van der Waals surface area contributed by atoms with Gasteiger partial charge in [0, 0.05) is 80.3 Å². The number of carbonyl (C=O) groups excluding carboxylic acids is 4. The van der Waals surface area contributed by atoms with Gasteiger partial charge in [-0.2, -0.15) is 0 Å². The molecule has 5 rings (SSSR count). The van der Waals surface area contributed by atoms with E-state index in [2.05, 4.69) is 5.32 Å². The SMILES string of the molecule is CCN(CC)C(=O)COc1cc2c(O)c3c(O)c(C)c4c(c13)C(=O)[C@@](C)(OC=C[C@H](OC)[C@H](C)[C@H](OC(C)=O)[C@H](C)[C@H](O)[C@H](C)[C@H](O)[C@H](C)C=CC=C(C)C(=O)N2)O4. The topological polar surface area (TPSA) is 211 Å². The van der Waals surface area contributed by atoms with Gasteiger partial charge in [-0.1, -0.05) is 45.9 Å². The summed E-state index contributed by atoms with van der Waals surface area (Å²) in [6, 6.07) is 1.27. The van der Waals surface area contributed by atoms with E-state index in [0.29, 0.717) is 13.1 Å². The number of likely N-dealkylation sites (N-methyl/N-ethyl adjacent to an activating group) is 1. The van der Waals surface area contributed by atoms with Crippen LogP contribution in [0, 0.1) is 30.6 Å². The van der Waals surface area contributed by atoms with Gasteiger partial charge in [-0.3, -0.25) is 19.2 Å². The van der Waals surface area contributed by atoms with Crippen LogP contribution in [0.1, 0.15) is 78.2 Å². The van der Waals surface area contributed by atoms with Crippen LogP contribution < -0.4 is 14.8 Å². The second kappa shape index (κ2) is 18.6. The predicted molar refractivity (Wildman–Crippen MR) is 216 cm³/mol. The standard InChI is InChI=1S/C43H58N2O13/c1-12-45(13-2)31(47)20-55-30-19-28-38(51)33-32(30)34-40(26(8)37(33)50)58-43(10,41(34)52)56-18-17-29(54-11)23(5)39(57-27(9)46)25(7)36(49)24(6)35(48)21(3)15-14-16-22(4)42(53)44-28/h14-19,21,23-25,29,35-36,39,48-51H,12-13,20H2,1-11H3,(H,44,53)/t21-,23+,24-,25-,29+,35-,36-,39+,43+/m1/s1. The van der Waals surface area contributed by atoms with Crippen LogP contribution in [0.5, 0.6) is 23.0 Å². The zero-order chi connectivity index (χ0) is 43.4. The number of methoxy groups -OCH3 is 1. The number of nitrogens with one attached hydrogen (secondary N) is 1. The Morgan fingerprint density at radius 2 is 1.60 bits per heavy atom. The molecular weight excluding hydrogens is 752 g/mol. The number of aromatic hydroxyl groups is 2. The van der Waals surface area contributed by atoms with Crippen LogP contribution in [0.3, 0.4) is 0 Å². The van der Waals surface area contributed by atoms with Gasteiger partial charge in [0.1, 0.15) is 23.4 Å². The van der Waals surface area contributed by atoms with Gasteiger partial charge in [0.15, 0.2) is 12.4 Å². The van der Waals surface area contributed by atoms with Gasteiger partial charge in [-0.25, -0.2) is 0 Å². The van der Waals surface area contributed by atoms with Crippen LogP contribution in [-0.2, 0) is 28.6 Å². The lowest BCUT2D eigenvalue weighted by Gasteiger charge is -2.38. The Kier molecular flexibility index (Phi) is 14.6. The van der Waals surface area contributed by atoms with E-state index in [1.54, 1.807) is 44.7 Å². The highest BCUT2D eigenvalue weighted by atomic mass is 16.7. The van der Waals surface area contributed by atoms with Crippen LogP contribution in [0.4, 0.5) is 5.69 Å². The number of ether oxygens (including phenoxy) is 5. The smallest absolute Gasteiger partial charge is 0.312 e. The molecule has 2 amide bonds. The third-order valence-electron chi connectivity index (χ3n) is 11.3. The molecule has 0 saturated heterocycles. The predicted octanol–water partition coefficient (Wildman–Crippen LogP) is 5.30. The molecule has 3 aliphatic rings. The van der Waals surface area contributed by atoms with Gasteiger partial charge in [0.2, 0.25) is 0 Å². The average molecular weight is 811 g/mol. The van der Waals surface area contributed by atoms with Crippen molar-refractivity contribution in [3.05, 3.63) is 53.3 Å². The minimum absolute atomic E-state index is 0.0574. The Labute approximate surface area is 339 Å². The lowest BCUT2D eigenvalue weighted by Crippen LogP contribution is -2.46. The Morgan fingerprint density at radius 1 is 0.948 bits per heavy atom. The fraction of sp³-hybridized carbons (Fsp3) is 0.535. The van der Waals surface area contributed by atoms with Crippen LogP contribution in [0.2, 0.25) is 0 Å². The molecule has 318 valence electrons. The number of amides is 2. The van der Waals surface area contributed by atoms with E-state index >= 15 is 0 Å². The number of Topliss-reactive ketones (excluding diaryl/α,β-unsaturated/α-hetero) is 1. The number of hydrogen-bond donors (Lipinski definition) is 5. The average Bonchev–Trinajstić information content (AvgIpc) is 3.45. The van der Waals surface area contributed by atoms with Crippen molar-refractivity contribution in [1.29, 1.82) is 0 Å². The Balaban J connectivity index is 1.94. The Bertz CT molecular complexity index is 1990. The number of hydrogen-bond acceptors (Lipinski definition) is 13. The lowest BCUT2D eigenvalue weighted by molar-refractivity contribution is -0.160. The molecule has 2 aromatic rings. The third-order valence-corrected chi connectivity index (χ3v) is 11.3. The van der Waals surface area contributed by atoms with Crippen molar-refractivity contribution in [1.82, 2.24) is 4.90 Å². The number of aliphatic hydroxyl groups excluding tert-OH is 2. The Hall–Kier alpha value is -5.12. The largest absolute Gasteiger partial charge is 0.507 e. The summed E-state index contributed by atoms with van der Waals surface area (Å²) in [7, 11) is 1.44. The third kappa shape index (κ3) is 9.11. The minimum atomic E-state index is -2.02. The molecule has 0 aromatic heterocycles. The van der Waals surface area contributed by atoms with Gasteiger partial charge < -0.3 is 54.3 Å². The number of benzene rings is 2. The summed E-state index contributed by atoms with van der Waals surface area (Å²) in [5, 5.41) is 48.4. The number of phenols is 2. The van der Waals surface area contributed by atoms with E-state index in [1.807, 2.05) is 13.8 Å². The molecule has 0 aliphatic carbocycles. The fourth-order valence-corrected chi connectivity index (χ4v) is 7.56. The number of anilines is 1. The maximum absolute atomic E-state index is 14.4. The summed E-state index contributed by atoms with van der Waals surface area (Å²) in [6.45, 7) is 16.5. The maximum atomic E-state index is 14.4. The van der Waals surface area contributed by atoms with Crippen LogP contribution in [-0.4, -0.2) is 106 Å². The van der Waals surface area contributed by atoms with Gasteiger partial charge in [0.05, 0.1) is 41.2 Å². The van der Waals surface area contributed by atoms with Gasteiger partial charge in [-0.15, -0.1) is 0 Å². The first-order valence-electron chi connectivity index (χ1n) is 19.5. The van der Waals surface area contributed by atoms with Crippen molar-refractivity contribution >= 4 is 40.0 Å². The zero-order valence-corrected chi connectivity index (χ0v) is 35.1. The molecule has 2 aromatic carbocycles. The molecule has 58 heavy (non-hydrogen) atoms. The molecule has 0 radical (unpaired) electrons. The number of fused-ring (bicyclic) bond motifs is 14. The first-order chi connectivity index (χ1) is 27.2. The second-order valence-corrected chi connectivity index (χ2v) is 15.3. The first kappa shape index (κ1) is 45.6. The molecule has 5 bridgehead atoms. The molecule has 5 N–H and O–H groups in total. The number of esters is 1. The number of ketones is 1. The number of nitrogens with zero attached hydrogens (tertiary/aromatic N) is 1. The molecule has 3 aliphatic heterocycles. The van der Waals surface area contributed by atoms with Gasteiger partial charge >= 0.3 is 11.8 Å². The van der Waals surface area contributed by atoms with Crippen molar-refractivity contribution < 1.29 is 63.3 Å². The highest BCUT2D eigenvalue weighted by Gasteiger charge is 2.49. The number of rotatable bonds is 7. The van der Waals surface area contributed by atoms with E-state index in [-0.39, 0.29) is 50.6 Å². The van der Waals surface area contributed by atoms with E-state index < -0.39 is 89.6 Å². The highest BCUT2D eigenvalue weighted by Crippen LogP contribution is 2.54.